The van der Waals surface area contributed by atoms with E-state index in [1.165, 1.54) is 0 Å². The van der Waals surface area contributed by atoms with E-state index in [4.69, 9.17) is 9.84 Å². The summed E-state index contributed by atoms with van der Waals surface area (Å²) in [6, 6.07) is 0. The largest absolute Gasteiger partial charge is 0.396 e. The molecule has 0 aromatic heterocycles. The molecule has 1 aliphatic heterocycles. The molecule has 10 heavy (non-hydrogen) atoms. The van der Waals surface area contributed by atoms with Crippen LogP contribution in [0.15, 0.2) is 0 Å². The van der Waals surface area contributed by atoms with Gasteiger partial charge in [0.2, 0.25) is 0 Å². The molecule has 0 amide bonds. The monoisotopic (exact) mass is 146 g/mol. The Morgan fingerprint density at radius 3 is 2.70 bits per heavy atom. The first-order chi connectivity index (χ1) is 4.75. The van der Waals surface area contributed by atoms with Crippen LogP contribution >= 0.6 is 0 Å². The molecule has 3 atom stereocenters. The molecule has 2 N–H and O–H groups in total. The van der Waals surface area contributed by atoms with Crippen molar-refractivity contribution in [1.82, 2.24) is 0 Å². The van der Waals surface area contributed by atoms with Crippen LogP contribution in [0.2, 0.25) is 0 Å². The molecular weight excluding hydrogens is 132 g/mol. The van der Waals surface area contributed by atoms with Crippen molar-refractivity contribution in [2.75, 3.05) is 13.2 Å². The third-order valence-electron chi connectivity index (χ3n) is 2.09. The Kier molecular flexibility index (Phi) is 2.65. The Hall–Kier alpha value is -0.120. The van der Waals surface area contributed by atoms with Crippen LogP contribution in [0.25, 0.3) is 0 Å². The van der Waals surface area contributed by atoms with Crippen LogP contribution in [-0.4, -0.2) is 35.6 Å². The average molecular weight is 146 g/mol. The standard InChI is InChI=1S/C7H14O3/c1-5-6(2-3-8)7(9)4-10-5/h5-9H,2-4H2,1H3/t5?,6-,7+/m1/s1. The van der Waals surface area contributed by atoms with Crippen molar-refractivity contribution in [1.29, 1.82) is 0 Å². The summed E-state index contributed by atoms with van der Waals surface area (Å²) in [4.78, 5) is 0. The van der Waals surface area contributed by atoms with E-state index in [1.54, 1.807) is 0 Å². The number of hydrogen-bond acceptors (Lipinski definition) is 3. The van der Waals surface area contributed by atoms with Crippen LogP contribution in [-0.2, 0) is 4.74 Å². The van der Waals surface area contributed by atoms with Gasteiger partial charge in [0.1, 0.15) is 0 Å². The van der Waals surface area contributed by atoms with Gasteiger partial charge in [-0.25, -0.2) is 0 Å². The number of rotatable bonds is 2. The molecule has 1 unspecified atom stereocenters. The van der Waals surface area contributed by atoms with E-state index in [0.717, 1.165) is 0 Å². The Labute approximate surface area is 60.6 Å². The van der Waals surface area contributed by atoms with Crippen LogP contribution in [0.4, 0.5) is 0 Å². The lowest BCUT2D eigenvalue weighted by Crippen LogP contribution is -2.22. The first-order valence-corrected chi connectivity index (χ1v) is 3.66. The number of hydrogen-bond donors (Lipinski definition) is 2. The number of ether oxygens (including phenoxy) is 1. The second-order valence-electron chi connectivity index (χ2n) is 2.78. The third-order valence-corrected chi connectivity index (χ3v) is 2.09. The highest BCUT2D eigenvalue weighted by Gasteiger charge is 2.31. The topological polar surface area (TPSA) is 49.7 Å². The lowest BCUT2D eigenvalue weighted by molar-refractivity contribution is 0.0952. The molecule has 0 spiro atoms. The molecule has 0 radical (unpaired) electrons. The summed E-state index contributed by atoms with van der Waals surface area (Å²) in [7, 11) is 0. The van der Waals surface area contributed by atoms with Crippen molar-refractivity contribution < 1.29 is 14.9 Å². The highest BCUT2D eigenvalue weighted by atomic mass is 16.5. The van der Waals surface area contributed by atoms with Crippen LogP contribution in [0.3, 0.4) is 0 Å². The van der Waals surface area contributed by atoms with Crippen molar-refractivity contribution in [2.45, 2.75) is 25.6 Å². The van der Waals surface area contributed by atoms with Gasteiger partial charge in [0, 0.05) is 12.5 Å². The second kappa shape index (κ2) is 3.32. The van der Waals surface area contributed by atoms with E-state index < -0.39 is 0 Å². The van der Waals surface area contributed by atoms with E-state index in [-0.39, 0.29) is 24.7 Å². The van der Waals surface area contributed by atoms with Crippen molar-refractivity contribution in [3.63, 3.8) is 0 Å². The van der Waals surface area contributed by atoms with E-state index in [1.807, 2.05) is 6.92 Å². The van der Waals surface area contributed by atoms with E-state index in [0.29, 0.717) is 13.0 Å². The number of aliphatic hydroxyl groups excluding tert-OH is 2. The Morgan fingerprint density at radius 2 is 2.30 bits per heavy atom. The molecule has 0 aromatic carbocycles. The van der Waals surface area contributed by atoms with Crippen LogP contribution < -0.4 is 0 Å². The predicted molar refractivity (Wildman–Crippen MR) is 36.6 cm³/mol. The summed E-state index contributed by atoms with van der Waals surface area (Å²) < 4.78 is 5.17. The zero-order valence-electron chi connectivity index (χ0n) is 6.16. The molecule has 1 rings (SSSR count). The zero-order chi connectivity index (χ0) is 7.56. The third kappa shape index (κ3) is 1.48. The van der Waals surface area contributed by atoms with Crippen LogP contribution in [0.5, 0.6) is 0 Å². The zero-order valence-corrected chi connectivity index (χ0v) is 6.16. The lowest BCUT2D eigenvalue weighted by atomic mass is 9.97. The molecule has 1 saturated heterocycles. The Morgan fingerprint density at radius 1 is 1.60 bits per heavy atom. The fourth-order valence-electron chi connectivity index (χ4n) is 1.39. The highest BCUT2D eigenvalue weighted by molar-refractivity contribution is 4.80. The molecule has 0 bridgehead atoms. The fourth-order valence-corrected chi connectivity index (χ4v) is 1.39. The first-order valence-electron chi connectivity index (χ1n) is 3.66. The summed E-state index contributed by atoms with van der Waals surface area (Å²) in [5.74, 6) is 0.130. The number of aliphatic hydroxyl groups is 2. The summed E-state index contributed by atoms with van der Waals surface area (Å²) in [6.07, 6.45) is 0.367. The van der Waals surface area contributed by atoms with Gasteiger partial charge >= 0.3 is 0 Å². The minimum Gasteiger partial charge on any atom is -0.396 e. The normalized spacial score (nSPS) is 40.5. The minimum absolute atomic E-state index is 0.0992. The van der Waals surface area contributed by atoms with Gasteiger partial charge < -0.3 is 14.9 Å². The van der Waals surface area contributed by atoms with Gasteiger partial charge in [-0.15, -0.1) is 0 Å². The molecule has 0 saturated carbocycles. The first kappa shape index (κ1) is 7.98. The summed E-state index contributed by atoms with van der Waals surface area (Å²) in [6.45, 7) is 2.48. The smallest absolute Gasteiger partial charge is 0.0827 e. The lowest BCUT2D eigenvalue weighted by Gasteiger charge is -2.14. The van der Waals surface area contributed by atoms with Crippen LogP contribution in [0, 0.1) is 5.92 Å². The molecule has 1 aliphatic rings. The maximum absolute atomic E-state index is 9.25. The molecule has 1 heterocycles. The van der Waals surface area contributed by atoms with Crippen molar-refractivity contribution >= 4 is 0 Å². The van der Waals surface area contributed by atoms with Crippen molar-refractivity contribution in [2.24, 2.45) is 5.92 Å². The van der Waals surface area contributed by atoms with Gasteiger partial charge in [0.05, 0.1) is 18.8 Å². The fraction of sp³-hybridized carbons (Fsp3) is 1.00. The van der Waals surface area contributed by atoms with Gasteiger partial charge in [-0.1, -0.05) is 0 Å². The Balaban J connectivity index is 2.38. The predicted octanol–water partition coefficient (Wildman–Crippen LogP) is -0.235. The molecule has 3 heteroatoms. The molecule has 3 nitrogen and oxygen atoms in total. The van der Waals surface area contributed by atoms with E-state index in [9.17, 15) is 5.11 Å². The van der Waals surface area contributed by atoms with Gasteiger partial charge in [-0.2, -0.15) is 0 Å². The summed E-state index contributed by atoms with van der Waals surface area (Å²) in [5, 5.41) is 17.8. The average Bonchev–Trinajstić information content (AvgIpc) is 2.20. The minimum atomic E-state index is -0.373. The van der Waals surface area contributed by atoms with Gasteiger partial charge in [-0.3, -0.25) is 0 Å². The van der Waals surface area contributed by atoms with E-state index >= 15 is 0 Å². The molecule has 1 fully saturated rings. The van der Waals surface area contributed by atoms with Crippen molar-refractivity contribution in [3.8, 4) is 0 Å². The highest BCUT2D eigenvalue weighted by Crippen LogP contribution is 2.23. The second-order valence-corrected chi connectivity index (χ2v) is 2.78. The molecule has 0 aliphatic carbocycles. The quantitative estimate of drug-likeness (QED) is 0.565. The summed E-state index contributed by atoms with van der Waals surface area (Å²) >= 11 is 0. The SMILES string of the molecule is CC1OC[C@H](O)[C@@H]1CCO. The maximum atomic E-state index is 9.25. The molecule has 0 aromatic rings. The van der Waals surface area contributed by atoms with Crippen molar-refractivity contribution in [3.05, 3.63) is 0 Å². The maximum Gasteiger partial charge on any atom is 0.0827 e. The molecular formula is C7H14O3. The van der Waals surface area contributed by atoms with Gasteiger partial charge in [-0.05, 0) is 13.3 Å². The summed E-state index contributed by atoms with van der Waals surface area (Å²) in [5.41, 5.74) is 0. The Bertz CT molecular complexity index is 95.0. The van der Waals surface area contributed by atoms with E-state index in [2.05, 4.69) is 0 Å². The van der Waals surface area contributed by atoms with Crippen LogP contribution in [0.1, 0.15) is 13.3 Å². The molecule has 60 valence electrons. The van der Waals surface area contributed by atoms with Gasteiger partial charge in [0.15, 0.2) is 0 Å². The van der Waals surface area contributed by atoms with Gasteiger partial charge in [0.25, 0.3) is 0 Å².